The van der Waals surface area contributed by atoms with E-state index in [1.54, 1.807) is 18.2 Å². The maximum Gasteiger partial charge on any atom is 0.147 e. The predicted octanol–water partition coefficient (Wildman–Crippen LogP) is 4.14. The second-order valence-corrected chi connectivity index (χ2v) is 3.81. The number of nitrogens with zero attached hydrogens (tertiary/aromatic N) is 1. The summed E-state index contributed by atoms with van der Waals surface area (Å²) >= 11 is 5.96. The summed E-state index contributed by atoms with van der Waals surface area (Å²) in [5.41, 5.74) is 1.66. The van der Waals surface area contributed by atoms with Gasteiger partial charge in [-0.25, -0.2) is 4.39 Å². The average Bonchev–Trinajstić information content (AvgIpc) is 2.26. The van der Waals surface area contributed by atoms with Crippen molar-refractivity contribution in [1.82, 2.24) is 0 Å². The van der Waals surface area contributed by atoms with Crippen LogP contribution in [-0.2, 0) is 0 Å². The Morgan fingerprint density at radius 1 is 1.47 bits per heavy atom. The van der Waals surface area contributed by atoms with Crippen LogP contribution in [0.1, 0.15) is 20.3 Å². The van der Waals surface area contributed by atoms with Crippen LogP contribution in [0.15, 0.2) is 35.9 Å². The number of hydrogen-bond donors (Lipinski definition) is 0. The number of anilines is 1. The molecule has 0 atom stereocenters. The van der Waals surface area contributed by atoms with Gasteiger partial charge in [0.05, 0.1) is 12.2 Å². The van der Waals surface area contributed by atoms with Crippen molar-refractivity contribution in [1.29, 1.82) is 0 Å². The van der Waals surface area contributed by atoms with Gasteiger partial charge in [-0.05, 0) is 25.5 Å². The maximum absolute atomic E-state index is 13.3. The number of halogens is 2. The van der Waals surface area contributed by atoms with Gasteiger partial charge in [-0.2, -0.15) is 0 Å². The van der Waals surface area contributed by atoms with E-state index in [-0.39, 0.29) is 5.82 Å². The summed E-state index contributed by atoms with van der Waals surface area (Å²) in [4.78, 5) is 0. The van der Waals surface area contributed by atoms with Gasteiger partial charge in [-0.1, -0.05) is 30.7 Å². The molecule has 0 spiro atoms. The van der Waals surface area contributed by atoms with Gasteiger partial charge in [0.2, 0.25) is 0 Å². The van der Waals surface area contributed by atoms with E-state index >= 15 is 0 Å². The Bertz CT molecular complexity index is 349. The van der Waals surface area contributed by atoms with E-state index in [2.05, 4.69) is 6.92 Å². The lowest BCUT2D eigenvalue weighted by atomic mass is 10.2. The Labute approximate surface area is 95.3 Å². The zero-order chi connectivity index (χ0) is 11.3. The molecule has 0 N–H and O–H groups in total. The molecule has 1 nitrogen and oxygen atoms in total. The van der Waals surface area contributed by atoms with E-state index in [0.717, 1.165) is 6.42 Å². The fourth-order valence-electron chi connectivity index (χ4n) is 1.13. The zero-order valence-electron chi connectivity index (χ0n) is 9.00. The third kappa shape index (κ3) is 3.56. The number of para-hydroxylation sites is 1. The van der Waals surface area contributed by atoms with E-state index in [0.29, 0.717) is 12.2 Å². The molecule has 0 radical (unpaired) electrons. The van der Waals surface area contributed by atoms with Crippen molar-refractivity contribution in [3.63, 3.8) is 0 Å². The van der Waals surface area contributed by atoms with Gasteiger partial charge in [-0.15, -0.1) is 0 Å². The Morgan fingerprint density at radius 2 is 2.13 bits per heavy atom. The first-order valence-electron chi connectivity index (χ1n) is 4.98. The normalized spacial score (nSPS) is 11.6. The lowest BCUT2D eigenvalue weighted by molar-refractivity contribution is 0.628. The molecule has 0 saturated heterocycles. The molecule has 0 fully saturated rings. The van der Waals surface area contributed by atoms with Gasteiger partial charge in [0.1, 0.15) is 5.82 Å². The second kappa shape index (κ2) is 5.76. The van der Waals surface area contributed by atoms with E-state index < -0.39 is 0 Å². The second-order valence-electron chi connectivity index (χ2n) is 3.40. The van der Waals surface area contributed by atoms with Crippen molar-refractivity contribution in [3.05, 3.63) is 41.7 Å². The van der Waals surface area contributed by atoms with Gasteiger partial charge in [0, 0.05) is 11.8 Å². The molecular weight excluding hydrogens is 213 g/mol. The molecule has 0 heterocycles. The Kier molecular flexibility index (Phi) is 4.63. The van der Waals surface area contributed by atoms with Crippen molar-refractivity contribution in [2.75, 3.05) is 11.0 Å². The van der Waals surface area contributed by atoms with Crippen molar-refractivity contribution >= 4 is 17.5 Å². The van der Waals surface area contributed by atoms with E-state index in [9.17, 15) is 4.39 Å². The van der Waals surface area contributed by atoms with Crippen LogP contribution in [0.2, 0.25) is 0 Å². The van der Waals surface area contributed by atoms with Gasteiger partial charge in [-0.3, -0.25) is 4.42 Å². The summed E-state index contributed by atoms with van der Waals surface area (Å²) in [6.45, 7) is 4.63. The SMILES string of the molecule is CC/C(C)=C/CN(Cl)c1ccccc1F. The standard InChI is InChI=1S/C12H15ClFN/c1-3-10(2)8-9-15(13)12-7-5-4-6-11(12)14/h4-8H,3,9H2,1-2H3/b10-8+. The summed E-state index contributed by atoms with van der Waals surface area (Å²) < 4.78 is 14.7. The van der Waals surface area contributed by atoms with E-state index in [1.165, 1.54) is 16.1 Å². The quantitative estimate of drug-likeness (QED) is 0.552. The number of benzene rings is 1. The third-order valence-corrected chi connectivity index (χ3v) is 2.59. The van der Waals surface area contributed by atoms with Crippen molar-refractivity contribution in [3.8, 4) is 0 Å². The van der Waals surface area contributed by atoms with Crippen LogP contribution in [0.5, 0.6) is 0 Å². The Morgan fingerprint density at radius 3 is 2.73 bits per heavy atom. The molecule has 1 aromatic carbocycles. The average molecular weight is 228 g/mol. The Hall–Kier alpha value is -1.02. The molecule has 82 valence electrons. The minimum atomic E-state index is -0.296. The molecule has 0 bridgehead atoms. The molecule has 0 aliphatic heterocycles. The van der Waals surface area contributed by atoms with Crippen molar-refractivity contribution in [2.24, 2.45) is 0 Å². The summed E-state index contributed by atoms with van der Waals surface area (Å²) in [6.07, 6.45) is 2.99. The third-order valence-electron chi connectivity index (χ3n) is 2.27. The molecular formula is C12H15ClFN. The highest BCUT2D eigenvalue weighted by Crippen LogP contribution is 2.20. The van der Waals surface area contributed by atoms with E-state index in [4.69, 9.17) is 11.8 Å². The summed E-state index contributed by atoms with van der Waals surface area (Å²) in [7, 11) is 0. The van der Waals surface area contributed by atoms with Gasteiger partial charge in [0.15, 0.2) is 0 Å². The molecule has 0 unspecified atom stereocenters. The topological polar surface area (TPSA) is 3.24 Å². The predicted molar refractivity (Wildman–Crippen MR) is 63.6 cm³/mol. The van der Waals surface area contributed by atoms with Crippen molar-refractivity contribution in [2.45, 2.75) is 20.3 Å². The van der Waals surface area contributed by atoms with Crippen LogP contribution < -0.4 is 4.42 Å². The highest BCUT2D eigenvalue weighted by molar-refractivity contribution is 6.25. The van der Waals surface area contributed by atoms with Crippen LogP contribution in [-0.4, -0.2) is 6.54 Å². The molecule has 3 heteroatoms. The monoisotopic (exact) mass is 227 g/mol. The van der Waals surface area contributed by atoms with Crippen molar-refractivity contribution < 1.29 is 4.39 Å². The van der Waals surface area contributed by atoms with Gasteiger partial charge < -0.3 is 0 Å². The first-order chi connectivity index (χ1) is 7.15. The van der Waals surface area contributed by atoms with Crippen LogP contribution in [0.25, 0.3) is 0 Å². The molecule has 0 aliphatic rings. The fraction of sp³-hybridized carbons (Fsp3) is 0.333. The highest BCUT2D eigenvalue weighted by Gasteiger charge is 2.06. The molecule has 0 aliphatic carbocycles. The highest BCUT2D eigenvalue weighted by atomic mass is 35.5. The summed E-state index contributed by atoms with van der Waals surface area (Å²) in [5, 5.41) is 0. The number of rotatable bonds is 4. The van der Waals surface area contributed by atoms with Gasteiger partial charge >= 0.3 is 0 Å². The zero-order valence-corrected chi connectivity index (χ0v) is 9.76. The van der Waals surface area contributed by atoms with Crippen LogP contribution in [0, 0.1) is 5.82 Å². The summed E-state index contributed by atoms with van der Waals surface area (Å²) in [6, 6.07) is 6.49. The number of hydrogen-bond acceptors (Lipinski definition) is 1. The summed E-state index contributed by atoms with van der Waals surface area (Å²) in [5.74, 6) is -0.296. The first kappa shape index (κ1) is 12.1. The van der Waals surface area contributed by atoms with Crippen LogP contribution in [0.4, 0.5) is 10.1 Å². The number of allylic oxidation sites excluding steroid dienone is 1. The minimum absolute atomic E-state index is 0.296. The van der Waals surface area contributed by atoms with Crippen LogP contribution >= 0.6 is 11.8 Å². The van der Waals surface area contributed by atoms with E-state index in [1.807, 2.05) is 13.0 Å². The molecule has 1 rings (SSSR count). The first-order valence-corrected chi connectivity index (χ1v) is 5.32. The molecule has 0 saturated carbocycles. The minimum Gasteiger partial charge on any atom is -0.279 e. The lowest BCUT2D eigenvalue weighted by Crippen LogP contribution is -2.11. The fourth-order valence-corrected chi connectivity index (χ4v) is 1.33. The molecule has 1 aromatic rings. The maximum atomic E-state index is 13.3. The molecule has 0 aromatic heterocycles. The molecule has 0 amide bonds. The smallest absolute Gasteiger partial charge is 0.147 e. The molecule has 15 heavy (non-hydrogen) atoms. The van der Waals surface area contributed by atoms with Gasteiger partial charge in [0.25, 0.3) is 0 Å². The largest absolute Gasteiger partial charge is 0.279 e. The lowest BCUT2D eigenvalue weighted by Gasteiger charge is -2.14. The van der Waals surface area contributed by atoms with Crippen LogP contribution in [0.3, 0.4) is 0 Å². The Balaban J connectivity index is 2.69.